The van der Waals surface area contributed by atoms with E-state index >= 15 is 0 Å². The Hall–Kier alpha value is -2.15. The number of likely N-dealkylation sites (tertiary alicyclic amines) is 1. The molecule has 0 spiro atoms. The summed E-state index contributed by atoms with van der Waals surface area (Å²) >= 11 is 0. The number of terminal acetylenes is 1. The number of piperidine rings is 1. The lowest BCUT2D eigenvalue weighted by Crippen LogP contribution is -2.40. The van der Waals surface area contributed by atoms with Gasteiger partial charge in [-0.3, -0.25) is 0 Å². The van der Waals surface area contributed by atoms with Gasteiger partial charge in [-0.1, -0.05) is 12.1 Å². The highest BCUT2D eigenvalue weighted by molar-refractivity contribution is 5.66. The number of hydrogen-bond donors (Lipinski definition) is 1. The average Bonchev–Trinajstić information content (AvgIpc) is 2.47. The summed E-state index contributed by atoms with van der Waals surface area (Å²) in [7, 11) is 1.61. The van der Waals surface area contributed by atoms with Crippen LogP contribution in [0.2, 0.25) is 0 Å². The minimum atomic E-state index is -0.870. The molecule has 1 aromatic rings. The predicted molar refractivity (Wildman–Crippen MR) is 76.6 cm³/mol. The Labute approximate surface area is 119 Å². The molecule has 0 saturated carbocycles. The lowest BCUT2D eigenvalue weighted by Gasteiger charge is -2.37. The molecule has 106 valence electrons. The molecule has 4 nitrogen and oxygen atoms in total. The van der Waals surface area contributed by atoms with E-state index in [4.69, 9.17) is 11.2 Å². The summed E-state index contributed by atoms with van der Waals surface area (Å²) in [5.41, 5.74) is 0.995. The Morgan fingerprint density at radius 3 is 2.75 bits per heavy atom. The van der Waals surface area contributed by atoms with Gasteiger partial charge in [-0.05, 0) is 36.5 Å². The van der Waals surface area contributed by atoms with E-state index in [-0.39, 0.29) is 6.04 Å². The molecule has 1 aliphatic heterocycles. The van der Waals surface area contributed by atoms with Crippen molar-refractivity contribution in [3.8, 4) is 18.1 Å². The zero-order chi connectivity index (χ0) is 14.5. The van der Waals surface area contributed by atoms with Gasteiger partial charge in [0.25, 0.3) is 0 Å². The van der Waals surface area contributed by atoms with Crippen LogP contribution >= 0.6 is 0 Å². The molecule has 2 rings (SSSR count). The third-order valence-corrected chi connectivity index (χ3v) is 3.86. The number of ether oxygens (including phenoxy) is 1. The molecular formula is C16H19NO3. The number of carboxylic acid groups (broad SMARTS) is 1. The van der Waals surface area contributed by atoms with Crippen molar-refractivity contribution in [3.63, 3.8) is 0 Å². The van der Waals surface area contributed by atoms with Crippen LogP contribution in [0.5, 0.6) is 5.75 Å². The molecule has 1 heterocycles. The highest BCUT2D eigenvalue weighted by atomic mass is 16.5. The van der Waals surface area contributed by atoms with Crippen molar-refractivity contribution in [2.75, 3.05) is 13.7 Å². The van der Waals surface area contributed by atoms with E-state index in [0.717, 1.165) is 24.2 Å². The van der Waals surface area contributed by atoms with E-state index in [2.05, 4.69) is 5.92 Å². The molecule has 0 aromatic heterocycles. The summed E-state index contributed by atoms with van der Waals surface area (Å²) < 4.78 is 5.13. The van der Waals surface area contributed by atoms with E-state index in [1.807, 2.05) is 24.3 Å². The fraction of sp³-hybridized carbons (Fsp3) is 0.438. The van der Waals surface area contributed by atoms with E-state index in [1.165, 1.54) is 4.90 Å². The van der Waals surface area contributed by atoms with E-state index in [9.17, 15) is 9.90 Å². The molecule has 20 heavy (non-hydrogen) atoms. The van der Waals surface area contributed by atoms with Crippen molar-refractivity contribution in [2.24, 2.45) is 5.92 Å². The van der Waals surface area contributed by atoms with E-state index < -0.39 is 6.09 Å². The maximum absolute atomic E-state index is 11.4. The topological polar surface area (TPSA) is 49.8 Å². The van der Waals surface area contributed by atoms with Crippen molar-refractivity contribution in [1.82, 2.24) is 4.90 Å². The zero-order valence-corrected chi connectivity index (χ0v) is 11.6. The predicted octanol–water partition coefficient (Wildman–Crippen LogP) is 3.15. The maximum atomic E-state index is 11.4. The van der Waals surface area contributed by atoms with Gasteiger partial charge in [-0.2, -0.15) is 0 Å². The van der Waals surface area contributed by atoms with Crippen LogP contribution < -0.4 is 4.74 Å². The number of amides is 1. The third kappa shape index (κ3) is 3.05. The van der Waals surface area contributed by atoms with Crippen LogP contribution in [-0.4, -0.2) is 29.8 Å². The third-order valence-electron chi connectivity index (χ3n) is 3.86. The summed E-state index contributed by atoms with van der Waals surface area (Å²) in [6.45, 7) is 0.540. The molecule has 4 heteroatoms. The second kappa shape index (κ2) is 6.33. The minimum absolute atomic E-state index is 0.120. The van der Waals surface area contributed by atoms with Crippen LogP contribution in [0.3, 0.4) is 0 Å². The zero-order valence-electron chi connectivity index (χ0n) is 11.6. The van der Waals surface area contributed by atoms with E-state index in [0.29, 0.717) is 18.9 Å². The number of carbonyl (C=O) groups is 1. The SMILES string of the molecule is C#CCC1CCN(C(=O)O)C(c2ccc(OC)cc2)C1. The van der Waals surface area contributed by atoms with Gasteiger partial charge in [-0.15, -0.1) is 12.3 Å². The summed E-state index contributed by atoms with van der Waals surface area (Å²) in [6, 6.07) is 7.46. The molecule has 1 aliphatic rings. The second-order valence-corrected chi connectivity index (χ2v) is 5.06. The second-order valence-electron chi connectivity index (χ2n) is 5.06. The summed E-state index contributed by atoms with van der Waals surface area (Å²) in [5, 5.41) is 9.35. The van der Waals surface area contributed by atoms with Crippen LogP contribution in [0.15, 0.2) is 24.3 Å². The Bertz CT molecular complexity index is 503. The van der Waals surface area contributed by atoms with Gasteiger partial charge in [0, 0.05) is 13.0 Å². The molecule has 2 atom stereocenters. The quantitative estimate of drug-likeness (QED) is 0.861. The molecule has 0 bridgehead atoms. The van der Waals surface area contributed by atoms with Crippen molar-refractivity contribution in [2.45, 2.75) is 25.3 Å². The first-order valence-corrected chi connectivity index (χ1v) is 6.72. The molecule has 0 radical (unpaired) electrons. The molecule has 2 unspecified atom stereocenters. The van der Waals surface area contributed by atoms with Gasteiger partial charge < -0.3 is 14.7 Å². The lowest BCUT2D eigenvalue weighted by molar-refractivity contribution is 0.0903. The number of hydrogen-bond acceptors (Lipinski definition) is 2. The van der Waals surface area contributed by atoms with Crippen molar-refractivity contribution >= 4 is 6.09 Å². The number of methoxy groups -OCH3 is 1. The molecule has 1 amide bonds. The van der Waals surface area contributed by atoms with Gasteiger partial charge in [0.1, 0.15) is 5.75 Å². The van der Waals surface area contributed by atoms with Gasteiger partial charge >= 0.3 is 6.09 Å². The highest BCUT2D eigenvalue weighted by Gasteiger charge is 2.32. The van der Waals surface area contributed by atoms with Crippen LogP contribution in [0, 0.1) is 18.3 Å². The monoisotopic (exact) mass is 273 g/mol. The Kier molecular flexibility index (Phi) is 4.52. The Balaban J connectivity index is 2.21. The standard InChI is InChI=1S/C16H19NO3/c1-3-4-12-9-10-17(16(18)19)15(11-12)13-5-7-14(20-2)8-6-13/h1,5-8,12,15H,4,9-11H2,2H3,(H,18,19). The number of benzene rings is 1. The minimum Gasteiger partial charge on any atom is -0.497 e. The summed E-state index contributed by atoms with van der Waals surface area (Å²) in [6.07, 6.45) is 6.83. The molecule has 1 saturated heterocycles. The van der Waals surface area contributed by atoms with E-state index in [1.54, 1.807) is 7.11 Å². The smallest absolute Gasteiger partial charge is 0.407 e. The molecule has 1 N–H and O–H groups in total. The number of rotatable bonds is 3. The molecule has 1 aromatic carbocycles. The van der Waals surface area contributed by atoms with Crippen molar-refractivity contribution < 1.29 is 14.6 Å². The first kappa shape index (κ1) is 14.3. The number of nitrogens with zero attached hydrogens (tertiary/aromatic N) is 1. The lowest BCUT2D eigenvalue weighted by atomic mass is 9.85. The first-order valence-electron chi connectivity index (χ1n) is 6.72. The van der Waals surface area contributed by atoms with Crippen LogP contribution in [0.4, 0.5) is 4.79 Å². The van der Waals surface area contributed by atoms with Crippen LogP contribution in [0.25, 0.3) is 0 Å². The van der Waals surface area contributed by atoms with Gasteiger partial charge in [0.2, 0.25) is 0 Å². The van der Waals surface area contributed by atoms with Crippen LogP contribution in [0.1, 0.15) is 30.9 Å². The van der Waals surface area contributed by atoms with Gasteiger partial charge in [0.05, 0.1) is 13.2 Å². The Morgan fingerprint density at radius 2 is 2.20 bits per heavy atom. The maximum Gasteiger partial charge on any atom is 0.407 e. The fourth-order valence-electron chi connectivity index (χ4n) is 2.76. The normalized spacial score (nSPS) is 22.1. The highest BCUT2D eigenvalue weighted by Crippen LogP contribution is 2.36. The molecule has 0 aliphatic carbocycles. The Morgan fingerprint density at radius 1 is 1.50 bits per heavy atom. The summed E-state index contributed by atoms with van der Waals surface area (Å²) in [4.78, 5) is 12.9. The van der Waals surface area contributed by atoms with Gasteiger partial charge in [-0.25, -0.2) is 4.79 Å². The van der Waals surface area contributed by atoms with Crippen molar-refractivity contribution in [3.05, 3.63) is 29.8 Å². The average molecular weight is 273 g/mol. The van der Waals surface area contributed by atoms with Crippen LogP contribution in [-0.2, 0) is 0 Å². The largest absolute Gasteiger partial charge is 0.497 e. The first-order chi connectivity index (χ1) is 9.65. The fourth-order valence-corrected chi connectivity index (χ4v) is 2.76. The molecule has 1 fully saturated rings. The summed E-state index contributed by atoms with van der Waals surface area (Å²) in [5.74, 6) is 3.85. The van der Waals surface area contributed by atoms with Crippen molar-refractivity contribution in [1.29, 1.82) is 0 Å². The van der Waals surface area contributed by atoms with Gasteiger partial charge in [0.15, 0.2) is 0 Å². The molecular weight excluding hydrogens is 254 g/mol.